The summed E-state index contributed by atoms with van der Waals surface area (Å²) in [7, 11) is 0. The van der Waals surface area contributed by atoms with Gasteiger partial charge in [0.2, 0.25) is 0 Å². The number of rotatable bonds is 3. The number of hydrogen-bond acceptors (Lipinski definition) is 3. The van der Waals surface area contributed by atoms with Gasteiger partial charge < -0.3 is 10.3 Å². The predicted octanol–water partition coefficient (Wildman–Crippen LogP) is 3.24. The van der Waals surface area contributed by atoms with Crippen LogP contribution < -0.4 is 5.73 Å². The number of hydrogen-bond donors (Lipinski definition) is 1. The molecule has 0 radical (unpaired) electrons. The second-order valence-corrected chi connectivity index (χ2v) is 4.94. The molecule has 0 bridgehead atoms. The fourth-order valence-corrected chi connectivity index (χ4v) is 2.57. The van der Waals surface area contributed by atoms with Crippen LogP contribution in [-0.4, -0.2) is 9.55 Å². The van der Waals surface area contributed by atoms with E-state index in [1.165, 1.54) is 11.1 Å². The number of nitrogen functional groups attached to an aromatic ring is 1. The molecule has 1 aromatic carbocycles. The SMILES string of the molecule is Nc1ccc(Cn2cncc2-c2ccsc2)cc1. The molecule has 3 nitrogen and oxygen atoms in total. The molecular weight excluding hydrogens is 242 g/mol. The van der Waals surface area contributed by atoms with Gasteiger partial charge in [-0.15, -0.1) is 0 Å². The highest BCUT2D eigenvalue weighted by atomic mass is 32.1. The average Bonchev–Trinajstić information content (AvgIpc) is 3.02. The van der Waals surface area contributed by atoms with Crippen LogP contribution >= 0.6 is 11.3 Å². The molecule has 18 heavy (non-hydrogen) atoms. The fourth-order valence-electron chi connectivity index (χ4n) is 1.92. The van der Waals surface area contributed by atoms with Crippen molar-refractivity contribution in [3.8, 4) is 11.3 Å². The molecule has 0 fully saturated rings. The van der Waals surface area contributed by atoms with Crippen LogP contribution in [0.5, 0.6) is 0 Å². The average molecular weight is 255 g/mol. The number of nitrogens with zero attached hydrogens (tertiary/aromatic N) is 2. The van der Waals surface area contributed by atoms with Gasteiger partial charge in [-0.05, 0) is 29.1 Å². The number of nitrogens with two attached hydrogens (primary N) is 1. The maximum atomic E-state index is 5.69. The van der Waals surface area contributed by atoms with Crippen LogP contribution in [-0.2, 0) is 6.54 Å². The van der Waals surface area contributed by atoms with Crippen molar-refractivity contribution in [3.05, 3.63) is 59.2 Å². The smallest absolute Gasteiger partial charge is 0.0954 e. The van der Waals surface area contributed by atoms with E-state index in [4.69, 9.17) is 5.73 Å². The lowest BCUT2D eigenvalue weighted by Gasteiger charge is -2.07. The standard InChI is InChI=1S/C14H13N3S/c15-13-3-1-11(2-4-13)8-17-10-16-7-14(17)12-5-6-18-9-12/h1-7,9-10H,8,15H2. The van der Waals surface area contributed by atoms with E-state index >= 15 is 0 Å². The maximum absolute atomic E-state index is 5.69. The van der Waals surface area contributed by atoms with Crippen molar-refractivity contribution in [2.75, 3.05) is 5.73 Å². The third kappa shape index (κ3) is 2.15. The van der Waals surface area contributed by atoms with Crippen molar-refractivity contribution < 1.29 is 0 Å². The zero-order valence-electron chi connectivity index (χ0n) is 9.78. The van der Waals surface area contributed by atoms with E-state index in [0.29, 0.717) is 0 Å². The predicted molar refractivity (Wildman–Crippen MR) is 75.5 cm³/mol. The zero-order chi connectivity index (χ0) is 12.4. The molecule has 0 saturated carbocycles. The molecule has 3 aromatic rings. The zero-order valence-corrected chi connectivity index (χ0v) is 10.6. The molecule has 2 N–H and O–H groups in total. The van der Waals surface area contributed by atoms with Crippen LogP contribution in [0.25, 0.3) is 11.3 Å². The van der Waals surface area contributed by atoms with Gasteiger partial charge in [-0.3, -0.25) is 0 Å². The van der Waals surface area contributed by atoms with Crippen LogP contribution in [0, 0.1) is 0 Å². The molecule has 0 aliphatic heterocycles. The highest BCUT2D eigenvalue weighted by Crippen LogP contribution is 2.22. The summed E-state index contributed by atoms with van der Waals surface area (Å²) >= 11 is 1.70. The van der Waals surface area contributed by atoms with Crippen molar-refractivity contribution in [2.45, 2.75) is 6.54 Å². The summed E-state index contributed by atoms with van der Waals surface area (Å²) in [5, 5.41) is 4.21. The van der Waals surface area contributed by atoms with Crippen molar-refractivity contribution in [1.82, 2.24) is 9.55 Å². The van der Waals surface area contributed by atoms with E-state index in [0.717, 1.165) is 17.9 Å². The third-order valence-corrected chi connectivity index (χ3v) is 3.55. The van der Waals surface area contributed by atoms with E-state index in [1.807, 2.05) is 36.8 Å². The van der Waals surface area contributed by atoms with Gasteiger partial charge in [0.25, 0.3) is 0 Å². The van der Waals surface area contributed by atoms with Gasteiger partial charge >= 0.3 is 0 Å². The maximum Gasteiger partial charge on any atom is 0.0954 e. The summed E-state index contributed by atoms with van der Waals surface area (Å²) in [5.41, 5.74) is 10.1. The largest absolute Gasteiger partial charge is 0.399 e. The highest BCUT2D eigenvalue weighted by Gasteiger charge is 2.05. The van der Waals surface area contributed by atoms with Crippen LogP contribution in [0.3, 0.4) is 0 Å². The summed E-state index contributed by atoms with van der Waals surface area (Å²) in [6.07, 6.45) is 3.77. The number of thiophene rings is 1. The van der Waals surface area contributed by atoms with E-state index in [9.17, 15) is 0 Å². The van der Waals surface area contributed by atoms with Crippen molar-refractivity contribution in [1.29, 1.82) is 0 Å². The Bertz CT molecular complexity index is 623. The first kappa shape index (κ1) is 11.0. The fraction of sp³-hybridized carbons (Fsp3) is 0.0714. The van der Waals surface area contributed by atoms with E-state index in [-0.39, 0.29) is 0 Å². The molecule has 0 spiro atoms. The van der Waals surface area contributed by atoms with Gasteiger partial charge in [0.05, 0.1) is 18.2 Å². The summed E-state index contributed by atoms with van der Waals surface area (Å²) in [6.45, 7) is 0.811. The van der Waals surface area contributed by atoms with Gasteiger partial charge in [-0.25, -0.2) is 4.98 Å². The molecule has 0 aliphatic carbocycles. The molecule has 90 valence electrons. The topological polar surface area (TPSA) is 43.8 Å². The number of aromatic nitrogens is 2. The summed E-state index contributed by atoms with van der Waals surface area (Å²) in [4.78, 5) is 4.23. The Hall–Kier alpha value is -2.07. The molecule has 0 atom stereocenters. The normalized spacial score (nSPS) is 10.7. The molecule has 3 rings (SSSR count). The molecule has 0 unspecified atom stereocenters. The van der Waals surface area contributed by atoms with Gasteiger partial charge in [-0.1, -0.05) is 12.1 Å². The lowest BCUT2D eigenvalue weighted by Crippen LogP contribution is -2.00. The Labute approximate surface area is 110 Å². The first-order chi connectivity index (χ1) is 8.83. The minimum absolute atomic E-state index is 0.794. The van der Waals surface area contributed by atoms with Crippen LogP contribution in [0.1, 0.15) is 5.56 Å². The highest BCUT2D eigenvalue weighted by molar-refractivity contribution is 7.08. The molecule has 0 amide bonds. The quantitative estimate of drug-likeness (QED) is 0.730. The molecule has 2 aromatic heterocycles. The van der Waals surface area contributed by atoms with Crippen molar-refractivity contribution in [2.24, 2.45) is 0 Å². The first-order valence-electron chi connectivity index (χ1n) is 5.70. The summed E-state index contributed by atoms with van der Waals surface area (Å²) in [6, 6.07) is 10.1. The van der Waals surface area contributed by atoms with Gasteiger partial charge in [0.1, 0.15) is 0 Å². The van der Waals surface area contributed by atoms with E-state index < -0.39 is 0 Å². The number of anilines is 1. The lowest BCUT2D eigenvalue weighted by molar-refractivity contribution is 0.805. The van der Waals surface area contributed by atoms with Crippen molar-refractivity contribution >= 4 is 17.0 Å². The Kier molecular flexibility index (Phi) is 2.86. The molecule has 0 aliphatic rings. The monoisotopic (exact) mass is 255 g/mol. The minimum atomic E-state index is 0.794. The van der Waals surface area contributed by atoms with Crippen LogP contribution in [0.2, 0.25) is 0 Å². The number of benzene rings is 1. The van der Waals surface area contributed by atoms with Gasteiger partial charge in [0, 0.05) is 23.2 Å². The Morgan fingerprint density at radius 3 is 2.72 bits per heavy atom. The minimum Gasteiger partial charge on any atom is -0.399 e. The number of imidazole rings is 1. The second kappa shape index (κ2) is 4.66. The van der Waals surface area contributed by atoms with Crippen molar-refractivity contribution in [3.63, 3.8) is 0 Å². The first-order valence-corrected chi connectivity index (χ1v) is 6.64. The van der Waals surface area contributed by atoms with E-state index in [2.05, 4.69) is 26.4 Å². The Balaban J connectivity index is 1.90. The van der Waals surface area contributed by atoms with E-state index in [1.54, 1.807) is 11.3 Å². The second-order valence-electron chi connectivity index (χ2n) is 4.16. The summed E-state index contributed by atoms with van der Waals surface area (Å²) in [5.74, 6) is 0. The van der Waals surface area contributed by atoms with Crippen LogP contribution in [0.4, 0.5) is 5.69 Å². The Morgan fingerprint density at radius 2 is 2.00 bits per heavy atom. The molecular formula is C14H13N3S. The van der Waals surface area contributed by atoms with Gasteiger partial charge in [0.15, 0.2) is 0 Å². The summed E-state index contributed by atoms with van der Waals surface area (Å²) < 4.78 is 2.15. The Morgan fingerprint density at radius 1 is 1.17 bits per heavy atom. The van der Waals surface area contributed by atoms with Crippen LogP contribution in [0.15, 0.2) is 53.6 Å². The molecule has 2 heterocycles. The lowest BCUT2D eigenvalue weighted by atomic mass is 10.2. The molecule has 0 saturated heterocycles. The van der Waals surface area contributed by atoms with Gasteiger partial charge in [-0.2, -0.15) is 11.3 Å². The third-order valence-electron chi connectivity index (χ3n) is 2.86. The molecule has 4 heteroatoms.